The summed E-state index contributed by atoms with van der Waals surface area (Å²) in [5, 5.41) is 3.19. The number of carbonyl (C=O) groups is 2. The van der Waals surface area contributed by atoms with Gasteiger partial charge in [0.1, 0.15) is 0 Å². The number of amides is 2. The first-order valence-corrected chi connectivity index (χ1v) is 8.84. The van der Waals surface area contributed by atoms with Crippen LogP contribution in [0.5, 0.6) is 0 Å². The summed E-state index contributed by atoms with van der Waals surface area (Å²) < 4.78 is 0. The lowest BCUT2D eigenvalue weighted by Gasteiger charge is -2.32. The van der Waals surface area contributed by atoms with E-state index in [1.807, 2.05) is 35.2 Å². The number of carbonyl (C=O) groups excluding carboxylic acids is 2. The second kappa shape index (κ2) is 7.62. The van der Waals surface area contributed by atoms with Gasteiger partial charge in [0.15, 0.2) is 0 Å². The fraction of sp³-hybridized carbons (Fsp3) is 0.579. The van der Waals surface area contributed by atoms with Gasteiger partial charge in [-0.15, -0.1) is 0 Å². The summed E-state index contributed by atoms with van der Waals surface area (Å²) >= 11 is 0. The minimum atomic E-state index is 0.0800. The quantitative estimate of drug-likeness (QED) is 0.928. The first kappa shape index (κ1) is 16.0. The lowest BCUT2D eigenvalue weighted by Crippen LogP contribution is -2.45. The van der Waals surface area contributed by atoms with Crippen LogP contribution >= 0.6 is 0 Å². The van der Waals surface area contributed by atoms with E-state index in [4.69, 9.17) is 0 Å². The van der Waals surface area contributed by atoms with Gasteiger partial charge < -0.3 is 10.2 Å². The Morgan fingerprint density at radius 3 is 2.30 bits per heavy atom. The maximum Gasteiger partial charge on any atom is 0.226 e. The minimum Gasteiger partial charge on any atom is -0.353 e. The van der Waals surface area contributed by atoms with Crippen LogP contribution in [-0.2, 0) is 16.0 Å². The van der Waals surface area contributed by atoms with Gasteiger partial charge in [0.25, 0.3) is 0 Å². The topological polar surface area (TPSA) is 49.4 Å². The van der Waals surface area contributed by atoms with Crippen molar-refractivity contribution >= 4 is 11.8 Å². The van der Waals surface area contributed by atoms with Crippen molar-refractivity contribution in [3.8, 4) is 0 Å². The van der Waals surface area contributed by atoms with Crippen LogP contribution in [0.4, 0.5) is 0 Å². The Kier molecular flexibility index (Phi) is 5.31. The van der Waals surface area contributed by atoms with Crippen molar-refractivity contribution in [1.29, 1.82) is 0 Å². The largest absolute Gasteiger partial charge is 0.353 e. The normalized spacial score (nSPS) is 19.7. The lowest BCUT2D eigenvalue weighted by atomic mass is 9.95. The van der Waals surface area contributed by atoms with Crippen molar-refractivity contribution in [1.82, 2.24) is 10.2 Å². The molecule has 1 aromatic rings. The summed E-state index contributed by atoms with van der Waals surface area (Å²) in [6, 6.07) is 10.2. The standard InChI is InChI=1S/C19H26N2O2/c22-18(14-15-6-2-1-3-7-15)21-12-10-16(11-13-21)19(23)20-17-8-4-5-9-17/h1-3,6-7,16-17H,4-5,8-14H2,(H,20,23). The molecule has 0 radical (unpaired) electrons. The Morgan fingerprint density at radius 1 is 1.00 bits per heavy atom. The second-order valence-corrected chi connectivity index (χ2v) is 6.81. The lowest BCUT2D eigenvalue weighted by molar-refractivity contribution is -0.135. The van der Waals surface area contributed by atoms with Crippen molar-refractivity contribution in [2.45, 2.75) is 51.0 Å². The van der Waals surface area contributed by atoms with E-state index in [0.29, 0.717) is 25.6 Å². The van der Waals surface area contributed by atoms with Gasteiger partial charge in [-0.05, 0) is 31.2 Å². The third-order valence-electron chi connectivity index (χ3n) is 5.12. The third kappa shape index (κ3) is 4.34. The van der Waals surface area contributed by atoms with Gasteiger partial charge in [0.05, 0.1) is 6.42 Å². The van der Waals surface area contributed by atoms with Gasteiger partial charge in [0.2, 0.25) is 11.8 Å². The fourth-order valence-corrected chi connectivity index (χ4v) is 3.66. The second-order valence-electron chi connectivity index (χ2n) is 6.81. The van der Waals surface area contributed by atoms with Crippen molar-refractivity contribution in [3.05, 3.63) is 35.9 Å². The SMILES string of the molecule is O=C(NC1CCCC1)C1CCN(C(=O)Cc2ccccc2)CC1. The van der Waals surface area contributed by atoms with Crippen LogP contribution in [0.2, 0.25) is 0 Å². The molecule has 4 nitrogen and oxygen atoms in total. The highest BCUT2D eigenvalue weighted by Gasteiger charge is 2.28. The molecule has 2 amide bonds. The number of hydrogen-bond donors (Lipinski definition) is 1. The van der Waals surface area contributed by atoms with E-state index in [9.17, 15) is 9.59 Å². The molecule has 4 heteroatoms. The number of nitrogens with zero attached hydrogens (tertiary/aromatic N) is 1. The summed E-state index contributed by atoms with van der Waals surface area (Å²) in [6.45, 7) is 1.41. The first-order valence-electron chi connectivity index (χ1n) is 8.84. The van der Waals surface area contributed by atoms with Gasteiger partial charge in [0, 0.05) is 25.0 Å². The molecular weight excluding hydrogens is 288 g/mol. The molecule has 0 bridgehead atoms. The smallest absolute Gasteiger partial charge is 0.226 e. The van der Waals surface area contributed by atoms with Crippen LogP contribution in [0.3, 0.4) is 0 Å². The van der Waals surface area contributed by atoms with Crippen LogP contribution in [-0.4, -0.2) is 35.8 Å². The minimum absolute atomic E-state index is 0.0800. The number of piperidine rings is 1. The zero-order valence-electron chi connectivity index (χ0n) is 13.7. The molecule has 2 fully saturated rings. The number of hydrogen-bond acceptors (Lipinski definition) is 2. The van der Waals surface area contributed by atoms with E-state index in [1.165, 1.54) is 12.8 Å². The average Bonchev–Trinajstić information content (AvgIpc) is 3.09. The molecule has 124 valence electrons. The molecule has 0 spiro atoms. The van der Waals surface area contributed by atoms with E-state index in [1.54, 1.807) is 0 Å². The molecule has 1 saturated heterocycles. The molecule has 1 N–H and O–H groups in total. The van der Waals surface area contributed by atoms with Crippen LogP contribution in [0.15, 0.2) is 30.3 Å². The molecule has 0 unspecified atom stereocenters. The molecule has 1 heterocycles. The van der Waals surface area contributed by atoms with Crippen molar-refractivity contribution in [2.24, 2.45) is 5.92 Å². The van der Waals surface area contributed by atoms with Gasteiger partial charge in [-0.3, -0.25) is 9.59 Å². The number of rotatable bonds is 4. The molecule has 1 aliphatic carbocycles. The summed E-state index contributed by atoms with van der Waals surface area (Å²) in [6.07, 6.45) is 6.76. The molecule has 1 aliphatic heterocycles. The van der Waals surface area contributed by atoms with Gasteiger partial charge in [-0.2, -0.15) is 0 Å². The zero-order valence-corrected chi connectivity index (χ0v) is 13.7. The average molecular weight is 314 g/mol. The molecule has 3 rings (SSSR count). The molecule has 1 saturated carbocycles. The van der Waals surface area contributed by atoms with Crippen LogP contribution in [0.25, 0.3) is 0 Å². The van der Waals surface area contributed by atoms with E-state index in [0.717, 1.165) is 31.2 Å². The fourth-order valence-electron chi connectivity index (χ4n) is 3.66. The van der Waals surface area contributed by atoms with Crippen molar-refractivity contribution in [3.63, 3.8) is 0 Å². The maximum absolute atomic E-state index is 12.3. The highest BCUT2D eigenvalue weighted by Crippen LogP contribution is 2.21. The Labute approximate surface area is 138 Å². The maximum atomic E-state index is 12.3. The van der Waals surface area contributed by atoms with Crippen LogP contribution in [0, 0.1) is 5.92 Å². The highest BCUT2D eigenvalue weighted by molar-refractivity contribution is 5.81. The van der Waals surface area contributed by atoms with E-state index >= 15 is 0 Å². The third-order valence-corrected chi connectivity index (χ3v) is 5.12. The predicted octanol–water partition coefficient (Wildman–Crippen LogP) is 2.53. The summed E-state index contributed by atoms with van der Waals surface area (Å²) in [5.41, 5.74) is 1.05. The van der Waals surface area contributed by atoms with Gasteiger partial charge in [-0.25, -0.2) is 0 Å². The number of likely N-dealkylation sites (tertiary alicyclic amines) is 1. The molecule has 23 heavy (non-hydrogen) atoms. The van der Waals surface area contributed by atoms with Gasteiger partial charge >= 0.3 is 0 Å². The molecule has 2 aliphatic rings. The molecule has 0 atom stereocenters. The Hall–Kier alpha value is -1.84. The summed E-state index contributed by atoms with van der Waals surface area (Å²) in [4.78, 5) is 26.6. The number of benzene rings is 1. The summed E-state index contributed by atoms with van der Waals surface area (Å²) in [5.74, 6) is 0.453. The van der Waals surface area contributed by atoms with Crippen molar-refractivity contribution in [2.75, 3.05) is 13.1 Å². The van der Waals surface area contributed by atoms with E-state index < -0.39 is 0 Å². The molecular formula is C19H26N2O2. The zero-order chi connectivity index (χ0) is 16.1. The summed E-state index contributed by atoms with van der Waals surface area (Å²) in [7, 11) is 0. The Morgan fingerprint density at radius 2 is 1.65 bits per heavy atom. The van der Waals surface area contributed by atoms with E-state index in [-0.39, 0.29) is 17.7 Å². The Balaban J connectivity index is 1.44. The monoisotopic (exact) mass is 314 g/mol. The molecule has 0 aromatic heterocycles. The molecule has 1 aromatic carbocycles. The van der Waals surface area contributed by atoms with Crippen LogP contribution in [0.1, 0.15) is 44.1 Å². The number of nitrogens with one attached hydrogen (secondary N) is 1. The van der Waals surface area contributed by atoms with Gasteiger partial charge in [-0.1, -0.05) is 43.2 Å². The van der Waals surface area contributed by atoms with Crippen LogP contribution < -0.4 is 5.32 Å². The first-order chi connectivity index (χ1) is 11.2. The predicted molar refractivity (Wildman–Crippen MR) is 89.8 cm³/mol. The van der Waals surface area contributed by atoms with Crippen molar-refractivity contribution < 1.29 is 9.59 Å². The highest BCUT2D eigenvalue weighted by atomic mass is 16.2. The van der Waals surface area contributed by atoms with E-state index in [2.05, 4.69) is 5.32 Å². The Bertz CT molecular complexity index is 530.